The van der Waals surface area contributed by atoms with Gasteiger partial charge in [0.15, 0.2) is 0 Å². The molecule has 0 bridgehead atoms. The number of hydrogen-bond donors (Lipinski definition) is 3. The molecule has 0 spiro atoms. The van der Waals surface area contributed by atoms with Crippen molar-refractivity contribution in [1.29, 1.82) is 0 Å². The van der Waals surface area contributed by atoms with Gasteiger partial charge in [-0.3, -0.25) is 5.43 Å². The van der Waals surface area contributed by atoms with E-state index in [0.29, 0.717) is 17.8 Å². The van der Waals surface area contributed by atoms with Crippen molar-refractivity contribution in [3.8, 4) is 0 Å². The Balaban J connectivity index is 1.37. The maximum absolute atomic E-state index is 13.6. The van der Waals surface area contributed by atoms with E-state index >= 15 is 0 Å². The van der Waals surface area contributed by atoms with Gasteiger partial charge in [0, 0.05) is 45.2 Å². The Bertz CT molecular complexity index is 595. The summed E-state index contributed by atoms with van der Waals surface area (Å²) in [6.45, 7) is 7.74. The van der Waals surface area contributed by atoms with Crippen LogP contribution in [-0.4, -0.2) is 67.3 Å². The summed E-state index contributed by atoms with van der Waals surface area (Å²) < 4.78 is 13.6. The van der Waals surface area contributed by atoms with Crippen LogP contribution in [0.2, 0.25) is 0 Å². The van der Waals surface area contributed by atoms with Gasteiger partial charge in [0.1, 0.15) is 5.82 Å². The van der Waals surface area contributed by atoms with E-state index in [0.717, 1.165) is 38.3 Å². The number of rotatable bonds is 6. The first-order chi connectivity index (χ1) is 12.7. The van der Waals surface area contributed by atoms with E-state index in [9.17, 15) is 9.50 Å². The third-order valence-electron chi connectivity index (χ3n) is 6.37. The molecule has 0 aromatic heterocycles. The Kier molecular flexibility index (Phi) is 5.86. The molecule has 0 amide bonds. The molecule has 3 aliphatic rings. The molecule has 2 unspecified atom stereocenters. The number of aliphatic hydroxyl groups excluding tert-OH is 1. The van der Waals surface area contributed by atoms with Crippen LogP contribution in [0.4, 0.5) is 4.39 Å². The van der Waals surface area contributed by atoms with E-state index in [1.807, 2.05) is 6.07 Å². The minimum Gasteiger partial charge on any atom is -0.396 e. The summed E-state index contributed by atoms with van der Waals surface area (Å²) >= 11 is 0. The number of hydrogen-bond acceptors (Lipinski definition) is 5. The Hall–Kier alpha value is -1.05. The predicted octanol–water partition coefficient (Wildman–Crippen LogP) is 1.23. The molecule has 1 aromatic rings. The molecule has 3 N–H and O–H groups in total. The monoisotopic (exact) mass is 362 g/mol. The van der Waals surface area contributed by atoms with Crippen LogP contribution in [-0.2, 0) is 0 Å². The molecule has 5 nitrogen and oxygen atoms in total. The van der Waals surface area contributed by atoms with Crippen LogP contribution >= 0.6 is 0 Å². The molecule has 3 fully saturated rings. The molecule has 3 aliphatic heterocycles. The van der Waals surface area contributed by atoms with Crippen molar-refractivity contribution in [3.63, 3.8) is 0 Å². The van der Waals surface area contributed by atoms with Crippen molar-refractivity contribution in [1.82, 2.24) is 20.7 Å². The number of nitrogens with one attached hydrogen (secondary N) is 2. The molecule has 4 rings (SSSR count). The Morgan fingerprint density at radius 2 is 1.81 bits per heavy atom. The number of likely N-dealkylation sites (tertiary alicyclic amines) is 2. The summed E-state index contributed by atoms with van der Waals surface area (Å²) in [5.41, 5.74) is 7.58. The SMILES string of the molecule is OC[C@@H]1CN(CC2CNNC2c2cccc(F)c2)C[C@@H]1CN1CCCC1. The highest BCUT2D eigenvalue weighted by Gasteiger charge is 2.37. The van der Waals surface area contributed by atoms with Gasteiger partial charge in [0.2, 0.25) is 0 Å². The van der Waals surface area contributed by atoms with Crippen LogP contribution < -0.4 is 10.9 Å². The second-order valence-electron chi connectivity index (χ2n) is 8.25. The van der Waals surface area contributed by atoms with Crippen molar-refractivity contribution in [2.45, 2.75) is 18.9 Å². The van der Waals surface area contributed by atoms with Gasteiger partial charge in [0.05, 0.1) is 6.04 Å². The van der Waals surface area contributed by atoms with Crippen molar-refractivity contribution in [2.24, 2.45) is 17.8 Å². The van der Waals surface area contributed by atoms with Gasteiger partial charge in [-0.15, -0.1) is 0 Å². The van der Waals surface area contributed by atoms with Crippen LogP contribution in [0, 0.1) is 23.6 Å². The number of nitrogens with zero attached hydrogens (tertiary/aromatic N) is 2. The van der Waals surface area contributed by atoms with Crippen molar-refractivity contribution >= 4 is 0 Å². The first-order valence-electron chi connectivity index (χ1n) is 10.0. The second-order valence-corrected chi connectivity index (χ2v) is 8.25. The summed E-state index contributed by atoms with van der Waals surface area (Å²) in [6.07, 6.45) is 2.63. The fraction of sp³-hybridized carbons (Fsp3) is 0.700. The lowest BCUT2D eigenvalue weighted by Crippen LogP contribution is -2.33. The zero-order valence-corrected chi connectivity index (χ0v) is 15.4. The highest BCUT2D eigenvalue weighted by atomic mass is 19.1. The van der Waals surface area contributed by atoms with E-state index in [1.54, 1.807) is 12.1 Å². The van der Waals surface area contributed by atoms with Crippen LogP contribution in [0.1, 0.15) is 24.4 Å². The molecular formula is C20H31FN4O. The van der Waals surface area contributed by atoms with Gasteiger partial charge in [-0.2, -0.15) is 0 Å². The molecule has 0 aliphatic carbocycles. The first kappa shape index (κ1) is 18.3. The first-order valence-corrected chi connectivity index (χ1v) is 10.0. The van der Waals surface area contributed by atoms with Crippen LogP contribution in [0.25, 0.3) is 0 Å². The minimum absolute atomic E-state index is 0.135. The van der Waals surface area contributed by atoms with Crippen molar-refractivity contribution in [2.75, 3.05) is 52.4 Å². The maximum Gasteiger partial charge on any atom is 0.123 e. The second kappa shape index (κ2) is 8.31. The largest absolute Gasteiger partial charge is 0.396 e. The smallest absolute Gasteiger partial charge is 0.123 e. The van der Waals surface area contributed by atoms with Gasteiger partial charge in [-0.25, -0.2) is 9.82 Å². The van der Waals surface area contributed by atoms with Gasteiger partial charge >= 0.3 is 0 Å². The van der Waals surface area contributed by atoms with Crippen LogP contribution in [0.5, 0.6) is 0 Å². The average molecular weight is 362 g/mol. The summed E-state index contributed by atoms with van der Waals surface area (Å²) in [7, 11) is 0. The number of aliphatic hydroxyl groups is 1. The third-order valence-corrected chi connectivity index (χ3v) is 6.37. The van der Waals surface area contributed by atoms with E-state index in [4.69, 9.17) is 0 Å². The lowest BCUT2D eigenvalue weighted by molar-refractivity contribution is 0.175. The molecule has 0 radical (unpaired) electrons. The Labute approximate surface area is 155 Å². The fourth-order valence-electron chi connectivity index (χ4n) is 4.99. The quantitative estimate of drug-likeness (QED) is 0.711. The summed E-state index contributed by atoms with van der Waals surface area (Å²) in [5.74, 6) is 1.17. The van der Waals surface area contributed by atoms with Gasteiger partial charge in [-0.1, -0.05) is 12.1 Å². The maximum atomic E-state index is 13.6. The highest BCUT2D eigenvalue weighted by molar-refractivity contribution is 5.22. The lowest BCUT2D eigenvalue weighted by atomic mass is 9.94. The third kappa shape index (κ3) is 4.10. The van der Waals surface area contributed by atoms with Crippen molar-refractivity contribution in [3.05, 3.63) is 35.6 Å². The van der Waals surface area contributed by atoms with E-state index in [-0.39, 0.29) is 18.5 Å². The molecule has 1 aromatic carbocycles. The molecule has 144 valence electrons. The summed E-state index contributed by atoms with van der Waals surface area (Å²) in [4.78, 5) is 5.07. The lowest BCUT2D eigenvalue weighted by Gasteiger charge is -2.25. The molecular weight excluding hydrogens is 331 g/mol. The Morgan fingerprint density at radius 3 is 2.58 bits per heavy atom. The average Bonchev–Trinajstić information content (AvgIpc) is 3.37. The van der Waals surface area contributed by atoms with Gasteiger partial charge < -0.3 is 14.9 Å². The fourth-order valence-corrected chi connectivity index (χ4v) is 4.99. The van der Waals surface area contributed by atoms with E-state index in [1.165, 1.54) is 32.0 Å². The zero-order valence-electron chi connectivity index (χ0n) is 15.4. The molecule has 26 heavy (non-hydrogen) atoms. The normalized spacial score (nSPS) is 33.3. The van der Waals surface area contributed by atoms with E-state index in [2.05, 4.69) is 20.7 Å². The number of benzene rings is 1. The molecule has 3 heterocycles. The van der Waals surface area contributed by atoms with Gasteiger partial charge in [0.25, 0.3) is 0 Å². The molecule has 6 heteroatoms. The van der Waals surface area contributed by atoms with Crippen LogP contribution in [0.15, 0.2) is 24.3 Å². The number of hydrazine groups is 1. The minimum atomic E-state index is -0.179. The van der Waals surface area contributed by atoms with E-state index < -0.39 is 0 Å². The van der Waals surface area contributed by atoms with Crippen molar-refractivity contribution < 1.29 is 9.50 Å². The highest BCUT2D eigenvalue weighted by Crippen LogP contribution is 2.30. The molecule has 3 saturated heterocycles. The van der Waals surface area contributed by atoms with Crippen LogP contribution in [0.3, 0.4) is 0 Å². The zero-order chi connectivity index (χ0) is 17.9. The van der Waals surface area contributed by atoms with Gasteiger partial charge in [-0.05, 0) is 55.5 Å². The summed E-state index contributed by atoms with van der Waals surface area (Å²) in [5, 5.41) is 9.84. The topological polar surface area (TPSA) is 50.8 Å². The number of halogens is 1. The Morgan fingerprint density at radius 1 is 1.04 bits per heavy atom. The standard InChI is InChI=1S/C20H31FN4O/c21-19-5-3-4-15(8-19)20-16(9-22-23-20)10-25-12-17(18(13-25)14-26)11-24-6-1-2-7-24/h3-5,8,16-18,20,22-23,26H,1-2,6-7,9-14H2/t16?,17-,18-,20?/m0/s1. The molecule has 4 atom stereocenters. The predicted molar refractivity (Wildman–Crippen MR) is 99.9 cm³/mol. The summed E-state index contributed by atoms with van der Waals surface area (Å²) in [6, 6.07) is 7.05. The molecule has 0 saturated carbocycles.